The zero-order chi connectivity index (χ0) is 30.2. The van der Waals surface area contributed by atoms with E-state index in [4.69, 9.17) is 9.72 Å². The van der Waals surface area contributed by atoms with E-state index in [1.54, 1.807) is 0 Å². The standard InChI is InChI=1S/C34H36F2N4O3/c1-2-3-21-40(32(41)26-17-18-28(35)29(36)23-26)31-33(39-22-11-10-16-30(39)38-31)43-34(42)37-20-19-27(24-12-6-4-7-13-24)25-14-8-5-9-15-25/h4-9,12-15,17-18,23,27H,2-3,10-11,16,19-22H2,1H3,(H,37,42). The minimum atomic E-state index is -1.11. The molecule has 0 unspecified atom stereocenters. The summed E-state index contributed by atoms with van der Waals surface area (Å²) in [5.41, 5.74) is 2.29. The molecule has 224 valence electrons. The Kier molecular flexibility index (Phi) is 9.81. The first-order chi connectivity index (χ1) is 21.0. The summed E-state index contributed by atoms with van der Waals surface area (Å²) in [5.74, 6) is -1.48. The van der Waals surface area contributed by atoms with E-state index in [-0.39, 0.29) is 29.7 Å². The van der Waals surface area contributed by atoms with Gasteiger partial charge in [0.25, 0.3) is 5.91 Å². The number of hydrogen-bond donors (Lipinski definition) is 1. The second kappa shape index (κ2) is 14.1. The van der Waals surface area contributed by atoms with E-state index in [0.717, 1.165) is 48.3 Å². The number of ether oxygens (including phenoxy) is 1. The number of unbranched alkanes of at least 4 members (excludes halogenated alkanes) is 1. The number of imidazole rings is 1. The van der Waals surface area contributed by atoms with Gasteiger partial charge in [-0.25, -0.2) is 18.6 Å². The monoisotopic (exact) mass is 586 g/mol. The van der Waals surface area contributed by atoms with Crippen molar-refractivity contribution in [1.82, 2.24) is 14.9 Å². The summed E-state index contributed by atoms with van der Waals surface area (Å²) in [7, 11) is 0. The van der Waals surface area contributed by atoms with E-state index < -0.39 is 23.6 Å². The van der Waals surface area contributed by atoms with Gasteiger partial charge in [-0.05, 0) is 55.0 Å². The van der Waals surface area contributed by atoms with Gasteiger partial charge in [-0.1, -0.05) is 74.0 Å². The highest BCUT2D eigenvalue weighted by Crippen LogP contribution is 2.34. The average Bonchev–Trinajstić information content (AvgIpc) is 3.39. The fourth-order valence-electron chi connectivity index (χ4n) is 5.46. The van der Waals surface area contributed by atoms with Gasteiger partial charge in [-0.15, -0.1) is 0 Å². The first-order valence-electron chi connectivity index (χ1n) is 14.9. The molecule has 7 nitrogen and oxygen atoms in total. The van der Waals surface area contributed by atoms with Crippen LogP contribution in [-0.4, -0.2) is 34.6 Å². The first kappa shape index (κ1) is 29.9. The van der Waals surface area contributed by atoms with Gasteiger partial charge >= 0.3 is 6.09 Å². The summed E-state index contributed by atoms with van der Waals surface area (Å²) < 4.78 is 35.4. The highest BCUT2D eigenvalue weighted by atomic mass is 19.2. The van der Waals surface area contributed by atoms with Gasteiger partial charge in [0.2, 0.25) is 5.88 Å². The molecule has 1 aromatic heterocycles. The number of anilines is 1. The molecule has 0 bridgehead atoms. The largest absolute Gasteiger partial charge is 0.414 e. The van der Waals surface area contributed by atoms with E-state index in [1.165, 1.54) is 11.0 Å². The van der Waals surface area contributed by atoms with Gasteiger partial charge in [0.15, 0.2) is 17.5 Å². The molecule has 0 radical (unpaired) electrons. The minimum Gasteiger partial charge on any atom is -0.389 e. The number of halogens is 2. The fourth-order valence-corrected chi connectivity index (χ4v) is 5.46. The minimum absolute atomic E-state index is 0.00996. The summed E-state index contributed by atoms with van der Waals surface area (Å²) in [4.78, 5) is 32.9. The number of nitrogens with zero attached hydrogens (tertiary/aromatic N) is 3. The van der Waals surface area contributed by atoms with Crippen molar-refractivity contribution in [3.63, 3.8) is 0 Å². The van der Waals surface area contributed by atoms with Crippen LogP contribution in [0.5, 0.6) is 5.88 Å². The molecule has 1 N–H and O–H groups in total. The molecule has 0 atom stereocenters. The number of fused-ring (bicyclic) bond motifs is 1. The third-order valence-electron chi connectivity index (χ3n) is 7.71. The molecule has 1 aliphatic rings. The topological polar surface area (TPSA) is 76.5 Å². The molecule has 1 aliphatic heterocycles. The Morgan fingerprint density at radius 2 is 1.67 bits per heavy atom. The highest BCUT2D eigenvalue weighted by molar-refractivity contribution is 6.06. The molecule has 5 rings (SSSR count). The maximum absolute atomic E-state index is 14.0. The molecule has 0 saturated carbocycles. The van der Waals surface area contributed by atoms with E-state index in [9.17, 15) is 18.4 Å². The first-order valence-corrected chi connectivity index (χ1v) is 14.9. The number of nitrogens with one attached hydrogen (secondary N) is 1. The molecule has 3 aromatic carbocycles. The van der Waals surface area contributed by atoms with Crippen molar-refractivity contribution in [1.29, 1.82) is 0 Å². The Morgan fingerprint density at radius 1 is 0.977 bits per heavy atom. The molecule has 2 heterocycles. The van der Waals surface area contributed by atoms with Gasteiger partial charge in [-0.2, -0.15) is 0 Å². The molecule has 0 spiro atoms. The molecular weight excluding hydrogens is 550 g/mol. The number of hydrogen-bond acceptors (Lipinski definition) is 4. The zero-order valence-corrected chi connectivity index (χ0v) is 24.3. The van der Waals surface area contributed by atoms with Crippen LogP contribution in [0.1, 0.15) is 72.3 Å². The van der Waals surface area contributed by atoms with Gasteiger partial charge < -0.3 is 10.1 Å². The Hall–Kier alpha value is -4.53. The lowest BCUT2D eigenvalue weighted by Gasteiger charge is -2.22. The van der Waals surface area contributed by atoms with E-state index in [1.807, 2.05) is 47.9 Å². The van der Waals surface area contributed by atoms with Crippen LogP contribution in [0.4, 0.5) is 19.4 Å². The fraction of sp³-hybridized carbons (Fsp3) is 0.324. The Morgan fingerprint density at radius 3 is 2.33 bits per heavy atom. The number of carbonyl (C=O) groups is 2. The molecule has 43 heavy (non-hydrogen) atoms. The van der Waals surface area contributed by atoms with Crippen LogP contribution in [-0.2, 0) is 13.0 Å². The number of carbonyl (C=O) groups excluding carboxylic acids is 2. The second-order valence-corrected chi connectivity index (χ2v) is 10.7. The second-order valence-electron chi connectivity index (χ2n) is 10.7. The Bertz CT molecular complexity index is 1500. The van der Waals surface area contributed by atoms with Crippen LogP contribution < -0.4 is 15.0 Å². The van der Waals surface area contributed by atoms with E-state index >= 15 is 0 Å². The number of benzene rings is 3. The number of aryl methyl sites for hydroxylation is 1. The van der Waals surface area contributed by atoms with Gasteiger partial charge in [0.05, 0.1) is 0 Å². The van der Waals surface area contributed by atoms with Crippen molar-refractivity contribution in [3.8, 4) is 5.88 Å². The van der Waals surface area contributed by atoms with Crippen molar-refractivity contribution < 1.29 is 23.1 Å². The quantitative estimate of drug-likeness (QED) is 0.201. The molecule has 0 aliphatic carbocycles. The van der Waals surface area contributed by atoms with Gasteiger partial charge in [0.1, 0.15) is 5.82 Å². The van der Waals surface area contributed by atoms with Crippen LogP contribution in [0, 0.1) is 11.6 Å². The summed E-state index contributed by atoms with van der Waals surface area (Å²) in [5, 5.41) is 2.88. The number of aromatic nitrogens is 2. The highest BCUT2D eigenvalue weighted by Gasteiger charge is 2.30. The normalized spacial score (nSPS) is 12.6. The predicted octanol–water partition coefficient (Wildman–Crippen LogP) is 7.26. The van der Waals surface area contributed by atoms with Gasteiger partial charge in [0, 0.05) is 37.5 Å². The SMILES string of the molecule is CCCCN(C(=O)c1ccc(F)c(F)c1)c1nc2n(c1OC(=O)NCCC(c1ccccc1)c1ccccc1)CCCC2. The van der Waals surface area contributed by atoms with Crippen LogP contribution >= 0.6 is 0 Å². The third kappa shape index (κ3) is 7.10. The Balaban J connectivity index is 1.36. The lowest BCUT2D eigenvalue weighted by Crippen LogP contribution is -2.34. The summed E-state index contributed by atoms with van der Waals surface area (Å²) in [6, 6.07) is 23.4. The summed E-state index contributed by atoms with van der Waals surface area (Å²) in [6.07, 6.45) is 3.91. The smallest absolute Gasteiger partial charge is 0.389 e. The van der Waals surface area contributed by atoms with Crippen molar-refractivity contribution in [2.75, 3.05) is 18.0 Å². The van der Waals surface area contributed by atoms with Crippen molar-refractivity contribution in [2.45, 2.75) is 57.9 Å². The van der Waals surface area contributed by atoms with Crippen LogP contribution in [0.2, 0.25) is 0 Å². The van der Waals surface area contributed by atoms with Crippen molar-refractivity contribution >= 4 is 17.8 Å². The molecule has 4 aromatic rings. The lowest BCUT2D eigenvalue weighted by atomic mass is 9.88. The average molecular weight is 587 g/mol. The molecular formula is C34H36F2N4O3. The zero-order valence-electron chi connectivity index (χ0n) is 24.3. The summed E-state index contributed by atoms with van der Waals surface area (Å²) >= 11 is 0. The van der Waals surface area contributed by atoms with E-state index in [2.05, 4.69) is 29.6 Å². The van der Waals surface area contributed by atoms with Crippen LogP contribution in [0.15, 0.2) is 78.9 Å². The predicted molar refractivity (Wildman–Crippen MR) is 161 cm³/mol. The third-order valence-corrected chi connectivity index (χ3v) is 7.71. The van der Waals surface area contributed by atoms with Crippen molar-refractivity contribution in [3.05, 3.63) is 113 Å². The molecule has 2 amide bonds. The maximum Gasteiger partial charge on any atom is 0.414 e. The van der Waals surface area contributed by atoms with Crippen LogP contribution in [0.3, 0.4) is 0 Å². The van der Waals surface area contributed by atoms with Gasteiger partial charge in [-0.3, -0.25) is 14.3 Å². The van der Waals surface area contributed by atoms with E-state index in [0.29, 0.717) is 32.4 Å². The van der Waals surface area contributed by atoms with Crippen molar-refractivity contribution in [2.24, 2.45) is 0 Å². The van der Waals surface area contributed by atoms with Crippen LogP contribution in [0.25, 0.3) is 0 Å². The molecule has 0 fully saturated rings. The lowest BCUT2D eigenvalue weighted by molar-refractivity contribution is 0.0984. The maximum atomic E-state index is 14.0. The Labute approximate surface area is 250 Å². The summed E-state index contributed by atoms with van der Waals surface area (Å²) in [6.45, 7) is 3.22. The molecule has 0 saturated heterocycles. The number of amides is 2. The number of rotatable bonds is 11. The molecule has 9 heteroatoms.